The van der Waals surface area contributed by atoms with E-state index in [1.165, 1.54) is 4.31 Å². The number of rotatable bonds is 4. The maximum absolute atomic E-state index is 13.4. The average Bonchev–Trinajstić information content (AvgIpc) is 3.06. The maximum atomic E-state index is 13.4. The van der Waals surface area contributed by atoms with Gasteiger partial charge in [0.2, 0.25) is 15.9 Å². The van der Waals surface area contributed by atoms with Gasteiger partial charge in [0.05, 0.1) is 4.90 Å². The fourth-order valence-corrected chi connectivity index (χ4v) is 4.67. The van der Waals surface area contributed by atoms with Crippen LogP contribution in [-0.2, 0) is 10.0 Å². The van der Waals surface area contributed by atoms with Gasteiger partial charge in [-0.05, 0) is 37.8 Å². The van der Waals surface area contributed by atoms with E-state index in [0.717, 1.165) is 25.0 Å². The van der Waals surface area contributed by atoms with Crippen molar-refractivity contribution in [3.8, 4) is 0 Å². The van der Waals surface area contributed by atoms with Crippen LogP contribution < -0.4 is 0 Å². The van der Waals surface area contributed by atoms with Crippen LogP contribution in [0.2, 0.25) is 0 Å². The fraction of sp³-hybridized carbons (Fsp3) is 0.467. The number of halogens is 2. The maximum Gasteiger partial charge on any atom is 0.245 e. The molecule has 9 heteroatoms. The van der Waals surface area contributed by atoms with Crippen LogP contribution in [0, 0.1) is 11.6 Å². The second kappa shape index (κ2) is 5.59. The highest BCUT2D eigenvalue weighted by Gasteiger charge is 2.40. The molecule has 1 unspecified atom stereocenters. The standard InChI is InChI=1S/C15H15F2N3O3S/c16-10-6-11(17)8-12(7-10)24(21,22)20-5-1-2-13(20)15-18-14(19-23-15)9-3-4-9/h6-9,13H,1-5H2. The van der Waals surface area contributed by atoms with Crippen LogP contribution in [0.1, 0.15) is 49.4 Å². The van der Waals surface area contributed by atoms with E-state index >= 15 is 0 Å². The van der Waals surface area contributed by atoms with Gasteiger partial charge in [0, 0.05) is 18.5 Å². The number of nitrogens with zero attached hydrogens (tertiary/aromatic N) is 3. The van der Waals surface area contributed by atoms with Gasteiger partial charge in [-0.1, -0.05) is 5.16 Å². The number of benzene rings is 1. The first-order valence-electron chi connectivity index (χ1n) is 7.76. The molecule has 1 aliphatic heterocycles. The third kappa shape index (κ3) is 2.71. The van der Waals surface area contributed by atoms with Crippen molar-refractivity contribution in [2.45, 2.75) is 42.5 Å². The topological polar surface area (TPSA) is 76.3 Å². The molecular weight excluding hydrogens is 340 g/mol. The highest BCUT2D eigenvalue weighted by atomic mass is 32.2. The molecule has 1 aromatic carbocycles. The Bertz CT molecular complexity index is 860. The third-order valence-electron chi connectivity index (χ3n) is 4.33. The summed E-state index contributed by atoms with van der Waals surface area (Å²) in [6.45, 7) is 0.242. The lowest BCUT2D eigenvalue weighted by Crippen LogP contribution is -2.31. The zero-order valence-electron chi connectivity index (χ0n) is 12.7. The van der Waals surface area contributed by atoms with Crippen molar-refractivity contribution in [2.75, 3.05) is 6.54 Å². The van der Waals surface area contributed by atoms with Crippen molar-refractivity contribution in [3.05, 3.63) is 41.5 Å². The van der Waals surface area contributed by atoms with E-state index in [9.17, 15) is 17.2 Å². The molecule has 1 atom stereocenters. The van der Waals surface area contributed by atoms with E-state index in [4.69, 9.17) is 4.52 Å². The van der Waals surface area contributed by atoms with Gasteiger partial charge >= 0.3 is 0 Å². The van der Waals surface area contributed by atoms with Gasteiger partial charge in [-0.3, -0.25) is 0 Å². The number of hydrogen-bond acceptors (Lipinski definition) is 5. The second-order valence-electron chi connectivity index (χ2n) is 6.14. The lowest BCUT2D eigenvalue weighted by molar-refractivity contribution is 0.289. The van der Waals surface area contributed by atoms with Crippen LogP contribution in [0.15, 0.2) is 27.6 Å². The summed E-state index contributed by atoms with van der Waals surface area (Å²) >= 11 is 0. The minimum Gasteiger partial charge on any atom is -0.338 e. The smallest absolute Gasteiger partial charge is 0.245 e. The van der Waals surface area contributed by atoms with Crippen LogP contribution in [0.3, 0.4) is 0 Å². The van der Waals surface area contributed by atoms with Crippen molar-refractivity contribution in [1.82, 2.24) is 14.4 Å². The van der Waals surface area contributed by atoms with Crippen molar-refractivity contribution in [3.63, 3.8) is 0 Å². The Labute approximate surface area is 137 Å². The van der Waals surface area contributed by atoms with Crippen LogP contribution in [0.5, 0.6) is 0 Å². The third-order valence-corrected chi connectivity index (χ3v) is 6.22. The molecule has 2 aliphatic rings. The molecule has 1 aromatic heterocycles. The van der Waals surface area contributed by atoms with Crippen LogP contribution in [0.25, 0.3) is 0 Å². The highest BCUT2D eigenvalue weighted by molar-refractivity contribution is 7.89. The first kappa shape index (κ1) is 15.6. The molecule has 0 amide bonds. The fourth-order valence-electron chi connectivity index (χ4n) is 2.98. The molecule has 4 rings (SSSR count). The number of aromatic nitrogens is 2. The van der Waals surface area contributed by atoms with Crippen LogP contribution >= 0.6 is 0 Å². The lowest BCUT2D eigenvalue weighted by atomic mass is 10.2. The zero-order valence-corrected chi connectivity index (χ0v) is 13.5. The van der Waals surface area contributed by atoms with E-state index in [2.05, 4.69) is 10.1 Å². The molecule has 24 heavy (non-hydrogen) atoms. The molecule has 2 heterocycles. The quantitative estimate of drug-likeness (QED) is 0.843. The van der Waals surface area contributed by atoms with Crippen molar-refractivity contribution in [2.24, 2.45) is 0 Å². The summed E-state index contributed by atoms with van der Waals surface area (Å²) < 4.78 is 58.8. The Morgan fingerprint density at radius 1 is 1.12 bits per heavy atom. The zero-order chi connectivity index (χ0) is 16.9. The largest absolute Gasteiger partial charge is 0.338 e. The summed E-state index contributed by atoms with van der Waals surface area (Å²) in [5.74, 6) is -0.719. The summed E-state index contributed by atoms with van der Waals surface area (Å²) in [5, 5.41) is 3.91. The molecule has 1 saturated heterocycles. The minimum absolute atomic E-state index is 0.242. The van der Waals surface area contributed by atoms with Gasteiger partial charge in [-0.15, -0.1) is 0 Å². The predicted molar refractivity (Wildman–Crippen MR) is 78.5 cm³/mol. The molecule has 0 radical (unpaired) electrons. The summed E-state index contributed by atoms with van der Waals surface area (Å²) in [6.07, 6.45) is 3.16. The van der Waals surface area contributed by atoms with E-state index < -0.39 is 32.6 Å². The van der Waals surface area contributed by atoms with Crippen LogP contribution in [0.4, 0.5) is 8.78 Å². The summed E-state index contributed by atoms with van der Waals surface area (Å²) in [7, 11) is -4.05. The van der Waals surface area contributed by atoms with Crippen molar-refractivity contribution in [1.29, 1.82) is 0 Å². The van der Waals surface area contributed by atoms with Gasteiger partial charge in [-0.25, -0.2) is 17.2 Å². The molecule has 2 aromatic rings. The van der Waals surface area contributed by atoms with E-state index in [-0.39, 0.29) is 12.4 Å². The van der Waals surface area contributed by atoms with Gasteiger partial charge in [0.15, 0.2) is 5.82 Å². The molecule has 6 nitrogen and oxygen atoms in total. The monoisotopic (exact) mass is 355 g/mol. The highest BCUT2D eigenvalue weighted by Crippen LogP contribution is 2.40. The number of sulfonamides is 1. The van der Waals surface area contributed by atoms with Crippen molar-refractivity contribution < 1.29 is 21.7 Å². The Kier molecular flexibility index (Phi) is 3.65. The average molecular weight is 355 g/mol. The van der Waals surface area contributed by atoms with Gasteiger partial charge < -0.3 is 4.52 Å². The Balaban J connectivity index is 1.67. The molecule has 0 spiro atoms. The molecular formula is C15H15F2N3O3S. The van der Waals surface area contributed by atoms with Crippen molar-refractivity contribution >= 4 is 10.0 Å². The number of hydrogen-bond donors (Lipinski definition) is 0. The Hall–Kier alpha value is -1.87. The molecule has 1 saturated carbocycles. The molecule has 128 valence electrons. The minimum atomic E-state index is -4.05. The Morgan fingerprint density at radius 2 is 1.83 bits per heavy atom. The summed E-state index contributed by atoms with van der Waals surface area (Å²) in [5.41, 5.74) is 0. The molecule has 1 aliphatic carbocycles. The lowest BCUT2D eigenvalue weighted by Gasteiger charge is -2.21. The summed E-state index contributed by atoms with van der Waals surface area (Å²) in [6, 6.07) is 1.68. The SMILES string of the molecule is O=S(=O)(c1cc(F)cc(F)c1)N1CCCC1c1nc(C2CC2)no1. The van der Waals surface area contributed by atoms with Gasteiger partial charge in [-0.2, -0.15) is 9.29 Å². The molecule has 0 bridgehead atoms. The Morgan fingerprint density at radius 3 is 2.50 bits per heavy atom. The first-order valence-corrected chi connectivity index (χ1v) is 9.20. The predicted octanol–water partition coefficient (Wildman–Crippen LogP) is 2.75. The first-order chi connectivity index (χ1) is 11.4. The second-order valence-corrected chi connectivity index (χ2v) is 8.03. The van der Waals surface area contributed by atoms with E-state index in [0.29, 0.717) is 30.7 Å². The van der Waals surface area contributed by atoms with E-state index in [1.807, 2.05) is 0 Å². The normalized spacial score (nSPS) is 22.2. The van der Waals surface area contributed by atoms with Crippen LogP contribution in [-0.4, -0.2) is 29.4 Å². The van der Waals surface area contributed by atoms with Gasteiger partial charge in [0.1, 0.15) is 17.7 Å². The van der Waals surface area contributed by atoms with Gasteiger partial charge in [0.25, 0.3) is 0 Å². The van der Waals surface area contributed by atoms with E-state index in [1.54, 1.807) is 0 Å². The molecule has 0 N–H and O–H groups in total. The summed E-state index contributed by atoms with van der Waals surface area (Å²) in [4.78, 5) is 3.91. The molecule has 2 fully saturated rings.